The van der Waals surface area contributed by atoms with Gasteiger partial charge in [0.25, 0.3) is 0 Å². The van der Waals surface area contributed by atoms with E-state index in [1.807, 2.05) is 0 Å². The molecular weight excluding hydrogens is 208 g/mol. The van der Waals surface area contributed by atoms with Crippen molar-refractivity contribution in [1.82, 2.24) is 10.2 Å². The van der Waals surface area contributed by atoms with Crippen molar-refractivity contribution in [1.29, 1.82) is 0 Å². The van der Waals surface area contributed by atoms with Gasteiger partial charge in [-0.1, -0.05) is 0 Å². The van der Waals surface area contributed by atoms with Crippen LogP contribution in [-0.2, 0) is 4.74 Å². The molecule has 4 heteroatoms. The summed E-state index contributed by atoms with van der Waals surface area (Å²) in [6.45, 7) is 7.75. The van der Waals surface area contributed by atoms with Gasteiger partial charge in [0.2, 0.25) is 0 Å². The van der Waals surface area contributed by atoms with Crippen LogP contribution in [0.2, 0.25) is 0 Å². The Morgan fingerprint density at radius 1 is 1.40 bits per heavy atom. The van der Waals surface area contributed by atoms with Gasteiger partial charge in [-0.2, -0.15) is 11.8 Å². The number of hydrogen-bond donors (Lipinski definition) is 1. The SMILES string of the molecule is COCC(C)NCCN1CCCSCC1. The summed E-state index contributed by atoms with van der Waals surface area (Å²) >= 11 is 2.09. The topological polar surface area (TPSA) is 24.5 Å². The second-order valence-corrected chi connectivity index (χ2v) is 5.34. The standard InChI is InChI=1S/C11H24N2OS/c1-11(10-14-2)12-4-6-13-5-3-8-15-9-7-13/h11-12H,3-10H2,1-2H3. The molecule has 0 aromatic heterocycles. The fourth-order valence-corrected chi connectivity index (χ4v) is 2.72. The summed E-state index contributed by atoms with van der Waals surface area (Å²) in [7, 11) is 1.75. The van der Waals surface area contributed by atoms with Gasteiger partial charge in [0.15, 0.2) is 0 Å². The number of nitrogens with one attached hydrogen (secondary N) is 1. The molecule has 0 amide bonds. The summed E-state index contributed by atoms with van der Waals surface area (Å²) in [4.78, 5) is 2.56. The van der Waals surface area contributed by atoms with Gasteiger partial charge in [-0.05, 0) is 25.6 Å². The third-order valence-electron chi connectivity index (χ3n) is 2.65. The summed E-state index contributed by atoms with van der Waals surface area (Å²) in [5.41, 5.74) is 0. The minimum atomic E-state index is 0.469. The molecule has 1 saturated heterocycles. The molecule has 15 heavy (non-hydrogen) atoms. The molecule has 1 unspecified atom stereocenters. The molecule has 0 spiro atoms. The van der Waals surface area contributed by atoms with Crippen LogP contribution in [-0.4, -0.2) is 62.3 Å². The molecule has 1 atom stereocenters. The lowest BCUT2D eigenvalue weighted by Crippen LogP contribution is -2.38. The molecule has 0 aromatic carbocycles. The van der Waals surface area contributed by atoms with Gasteiger partial charge in [0, 0.05) is 38.5 Å². The summed E-state index contributed by atoms with van der Waals surface area (Å²) in [5.74, 6) is 2.64. The molecule has 3 nitrogen and oxygen atoms in total. The third kappa shape index (κ3) is 6.40. The smallest absolute Gasteiger partial charge is 0.0613 e. The summed E-state index contributed by atoms with van der Waals surface area (Å²) < 4.78 is 5.09. The number of thioether (sulfide) groups is 1. The molecule has 0 saturated carbocycles. The van der Waals surface area contributed by atoms with Crippen molar-refractivity contribution in [3.63, 3.8) is 0 Å². The van der Waals surface area contributed by atoms with Crippen LogP contribution in [0.25, 0.3) is 0 Å². The zero-order chi connectivity index (χ0) is 10.9. The maximum Gasteiger partial charge on any atom is 0.0613 e. The molecule has 90 valence electrons. The van der Waals surface area contributed by atoms with E-state index in [-0.39, 0.29) is 0 Å². The molecule has 1 fully saturated rings. The first-order valence-electron chi connectivity index (χ1n) is 5.85. The highest BCUT2D eigenvalue weighted by Crippen LogP contribution is 2.08. The van der Waals surface area contributed by atoms with Crippen LogP contribution in [0.4, 0.5) is 0 Å². The van der Waals surface area contributed by atoms with Gasteiger partial charge >= 0.3 is 0 Å². The monoisotopic (exact) mass is 232 g/mol. The van der Waals surface area contributed by atoms with Gasteiger partial charge in [0.1, 0.15) is 0 Å². The zero-order valence-corrected chi connectivity index (χ0v) is 10.8. The van der Waals surface area contributed by atoms with E-state index in [0.29, 0.717) is 6.04 Å². The summed E-state index contributed by atoms with van der Waals surface area (Å²) in [6.07, 6.45) is 1.35. The van der Waals surface area contributed by atoms with Gasteiger partial charge in [-0.3, -0.25) is 0 Å². The maximum absolute atomic E-state index is 5.09. The van der Waals surface area contributed by atoms with E-state index in [0.717, 1.165) is 13.2 Å². The molecule has 1 aliphatic rings. The first kappa shape index (κ1) is 13.3. The van der Waals surface area contributed by atoms with Crippen LogP contribution in [0.3, 0.4) is 0 Å². The maximum atomic E-state index is 5.09. The van der Waals surface area contributed by atoms with Crippen LogP contribution in [0.15, 0.2) is 0 Å². The lowest BCUT2D eigenvalue weighted by atomic mass is 10.3. The molecule has 1 N–H and O–H groups in total. The minimum absolute atomic E-state index is 0.469. The normalized spacial score (nSPS) is 21.2. The lowest BCUT2D eigenvalue weighted by Gasteiger charge is -2.21. The molecular formula is C11H24N2OS. The average Bonchev–Trinajstić information content (AvgIpc) is 2.47. The van der Waals surface area contributed by atoms with E-state index in [2.05, 4.69) is 28.9 Å². The van der Waals surface area contributed by atoms with E-state index >= 15 is 0 Å². The Hall–Kier alpha value is 0.230. The van der Waals surface area contributed by atoms with Crippen molar-refractivity contribution in [2.75, 3.05) is 51.4 Å². The molecule has 1 aliphatic heterocycles. The first-order chi connectivity index (χ1) is 7.33. The van der Waals surface area contributed by atoms with Crippen LogP contribution in [0.1, 0.15) is 13.3 Å². The minimum Gasteiger partial charge on any atom is -0.383 e. The second kappa shape index (κ2) is 8.39. The Kier molecular flexibility index (Phi) is 7.44. The van der Waals surface area contributed by atoms with E-state index in [4.69, 9.17) is 4.74 Å². The zero-order valence-electron chi connectivity index (χ0n) is 10.00. The highest BCUT2D eigenvalue weighted by atomic mass is 32.2. The number of hydrogen-bond acceptors (Lipinski definition) is 4. The fraction of sp³-hybridized carbons (Fsp3) is 1.00. The first-order valence-corrected chi connectivity index (χ1v) is 7.01. The Morgan fingerprint density at radius 2 is 2.27 bits per heavy atom. The molecule has 0 bridgehead atoms. The third-order valence-corrected chi connectivity index (χ3v) is 3.70. The van der Waals surface area contributed by atoms with Gasteiger partial charge in [-0.25, -0.2) is 0 Å². The van der Waals surface area contributed by atoms with E-state index in [9.17, 15) is 0 Å². The van der Waals surface area contributed by atoms with Gasteiger partial charge in [0.05, 0.1) is 6.61 Å². The van der Waals surface area contributed by atoms with E-state index in [1.165, 1.54) is 37.6 Å². The summed E-state index contributed by atoms with van der Waals surface area (Å²) in [6, 6.07) is 0.469. The predicted molar refractivity (Wildman–Crippen MR) is 67.7 cm³/mol. The highest BCUT2D eigenvalue weighted by molar-refractivity contribution is 7.99. The van der Waals surface area contributed by atoms with Crippen molar-refractivity contribution in [3.05, 3.63) is 0 Å². The second-order valence-electron chi connectivity index (χ2n) is 4.12. The van der Waals surface area contributed by atoms with Crippen molar-refractivity contribution in [2.45, 2.75) is 19.4 Å². The highest BCUT2D eigenvalue weighted by Gasteiger charge is 2.08. The van der Waals surface area contributed by atoms with Gasteiger partial charge < -0.3 is 15.0 Å². The Balaban J connectivity index is 2.02. The number of ether oxygens (including phenoxy) is 1. The molecule has 1 heterocycles. The summed E-state index contributed by atoms with van der Waals surface area (Å²) in [5, 5.41) is 3.48. The lowest BCUT2D eigenvalue weighted by molar-refractivity contribution is 0.169. The van der Waals surface area contributed by atoms with E-state index < -0.39 is 0 Å². The molecule has 1 rings (SSSR count). The Labute approximate surface area is 97.9 Å². The van der Waals surface area contributed by atoms with Crippen molar-refractivity contribution in [3.8, 4) is 0 Å². The van der Waals surface area contributed by atoms with Crippen molar-refractivity contribution in [2.24, 2.45) is 0 Å². The van der Waals surface area contributed by atoms with Gasteiger partial charge in [-0.15, -0.1) is 0 Å². The van der Waals surface area contributed by atoms with Crippen LogP contribution < -0.4 is 5.32 Å². The average molecular weight is 232 g/mol. The van der Waals surface area contributed by atoms with Crippen LogP contribution in [0, 0.1) is 0 Å². The Bertz CT molecular complexity index is 150. The van der Waals surface area contributed by atoms with E-state index in [1.54, 1.807) is 7.11 Å². The molecule has 0 radical (unpaired) electrons. The number of nitrogens with zero attached hydrogens (tertiary/aromatic N) is 1. The van der Waals surface area contributed by atoms with Crippen LogP contribution >= 0.6 is 11.8 Å². The predicted octanol–water partition coefficient (Wildman–Crippen LogP) is 1.05. The Morgan fingerprint density at radius 3 is 3.07 bits per heavy atom. The number of methoxy groups -OCH3 is 1. The largest absolute Gasteiger partial charge is 0.383 e. The van der Waals surface area contributed by atoms with Crippen molar-refractivity contribution < 1.29 is 4.74 Å². The molecule has 0 aromatic rings. The van der Waals surface area contributed by atoms with Crippen molar-refractivity contribution >= 4 is 11.8 Å². The fourth-order valence-electron chi connectivity index (χ4n) is 1.80. The molecule has 0 aliphatic carbocycles. The van der Waals surface area contributed by atoms with Crippen LogP contribution in [0.5, 0.6) is 0 Å². The number of rotatable bonds is 6. The quantitative estimate of drug-likeness (QED) is 0.740.